The first-order valence-electron chi connectivity index (χ1n) is 11.0. The molecule has 1 amide bonds. The molecule has 0 atom stereocenters. The topological polar surface area (TPSA) is 120 Å². The van der Waals surface area contributed by atoms with E-state index in [1.54, 1.807) is 49.4 Å². The smallest absolute Gasteiger partial charge is 0.267 e. The number of aryl methyl sites for hydroxylation is 1. The van der Waals surface area contributed by atoms with Crippen molar-refractivity contribution < 1.29 is 22.7 Å². The minimum Gasteiger partial charge on any atom is -0.495 e. The molecular weight excluding hydrogens is 472 g/mol. The number of sulfonamides is 1. The maximum absolute atomic E-state index is 13.2. The first kappa shape index (κ1) is 24.6. The molecule has 35 heavy (non-hydrogen) atoms. The van der Waals surface area contributed by atoms with Gasteiger partial charge in [-0.15, -0.1) is 0 Å². The van der Waals surface area contributed by atoms with Crippen LogP contribution in [0.5, 0.6) is 5.75 Å². The third kappa shape index (κ3) is 5.42. The van der Waals surface area contributed by atoms with E-state index in [0.29, 0.717) is 41.5 Å². The van der Waals surface area contributed by atoms with E-state index in [1.807, 2.05) is 0 Å². The number of hydrogen-bond donors (Lipinski definition) is 1. The van der Waals surface area contributed by atoms with E-state index in [2.05, 4.69) is 10.4 Å². The van der Waals surface area contributed by atoms with Crippen LogP contribution in [0.25, 0.3) is 11.3 Å². The summed E-state index contributed by atoms with van der Waals surface area (Å²) in [4.78, 5) is 25.1. The van der Waals surface area contributed by atoms with Gasteiger partial charge in [0, 0.05) is 24.7 Å². The predicted molar refractivity (Wildman–Crippen MR) is 130 cm³/mol. The lowest BCUT2D eigenvalue weighted by atomic mass is 10.1. The van der Waals surface area contributed by atoms with Gasteiger partial charge < -0.3 is 14.8 Å². The van der Waals surface area contributed by atoms with Crippen LogP contribution in [0.15, 0.2) is 64.3 Å². The van der Waals surface area contributed by atoms with Crippen LogP contribution in [-0.4, -0.2) is 61.8 Å². The van der Waals surface area contributed by atoms with Crippen molar-refractivity contribution in [1.29, 1.82) is 0 Å². The summed E-state index contributed by atoms with van der Waals surface area (Å²) in [5.74, 6) is 0.0318. The third-order valence-corrected chi connectivity index (χ3v) is 7.65. The molecule has 184 valence electrons. The van der Waals surface area contributed by atoms with E-state index in [9.17, 15) is 18.0 Å². The Morgan fingerprint density at radius 2 is 1.86 bits per heavy atom. The third-order valence-electron chi connectivity index (χ3n) is 5.61. The zero-order valence-corrected chi connectivity index (χ0v) is 20.2. The van der Waals surface area contributed by atoms with Gasteiger partial charge in [0.05, 0.1) is 36.6 Å². The second-order valence-electron chi connectivity index (χ2n) is 7.96. The molecule has 1 fully saturated rings. The molecule has 1 aliphatic rings. The summed E-state index contributed by atoms with van der Waals surface area (Å²) in [6, 6.07) is 14.7. The number of carbonyl (C=O) groups is 1. The number of carbonyl (C=O) groups excluding carboxylic acids is 1. The fraction of sp³-hybridized carbons (Fsp3) is 0.292. The molecule has 11 heteroatoms. The molecule has 4 rings (SSSR count). The summed E-state index contributed by atoms with van der Waals surface area (Å²) in [6.07, 6.45) is 0. The van der Waals surface area contributed by atoms with Crippen LogP contribution in [0.2, 0.25) is 0 Å². The summed E-state index contributed by atoms with van der Waals surface area (Å²) in [5, 5.41) is 7.03. The average molecular weight is 499 g/mol. The predicted octanol–water partition coefficient (Wildman–Crippen LogP) is 1.89. The lowest BCUT2D eigenvalue weighted by molar-refractivity contribution is -0.117. The molecular formula is C24H26N4O6S. The number of amides is 1. The Bertz CT molecular complexity index is 1400. The molecule has 10 nitrogen and oxygen atoms in total. The summed E-state index contributed by atoms with van der Waals surface area (Å²) in [5.41, 5.74) is 1.50. The summed E-state index contributed by atoms with van der Waals surface area (Å²) in [6.45, 7) is 2.68. The van der Waals surface area contributed by atoms with Crippen LogP contribution in [0.1, 0.15) is 5.56 Å². The first-order chi connectivity index (χ1) is 16.8. The summed E-state index contributed by atoms with van der Waals surface area (Å²) in [7, 11) is -2.23. The standard InChI is InChI=1S/C24H26N4O6S/c1-17-7-8-18(15-22(17)35(31,32)27-11-13-34-14-12-27)19-9-10-24(30)28(26-19)16-23(29)25-20-5-3-4-6-21(20)33-2/h3-10,15H,11-14,16H2,1-2H3,(H,25,29). The second-order valence-corrected chi connectivity index (χ2v) is 9.87. The first-order valence-corrected chi connectivity index (χ1v) is 12.4. The van der Waals surface area contributed by atoms with E-state index >= 15 is 0 Å². The van der Waals surface area contributed by atoms with Gasteiger partial charge in [-0.2, -0.15) is 9.40 Å². The average Bonchev–Trinajstić information content (AvgIpc) is 2.86. The minimum atomic E-state index is -3.72. The molecule has 3 aromatic rings. The van der Waals surface area contributed by atoms with E-state index < -0.39 is 21.5 Å². The number of aromatic nitrogens is 2. The van der Waals surface area contributed by atoms with Crippen LogP contribution in [0.3, 0.4) is 0 Å². The molecule has 2 heterocycles. The fourth-order valence-corrected chi connectivity index (χ4v) is 5.41. The number of ether oxygens (including phenoxy) is 2. The van der Waals surface area contributed by atoms with Crippen molar-refractivity contribution in [2.75, 3.05) is 38.7 Å². The lowest BCUT2D eigenvalue weighted by Gasteiger charge is -2.26. The van der Waals surface area contributed by atoms with Gasteiger partial charge in [-0.3, -0.25) is 9.59 Å². The molecule has 1 N–H and O–H groups in total. The van der Waals surface area contributed by atoms with Crippen LogP contribution >= 0.6 is 0 Å². The van der Waals surface area contributed by atoms with Crippen LogP contribution < -0.4 is 15.6 Å². The van der Waals surface area contributed by atoms with Crippen molar-refractivity contribution in [3.63, 3.8) is 0 Å². The maximum atomic E-state index is 13.2. The largest absolute Gasteiger partial charge is 0.495 e. The molecule has 0 spiro atoms. The Morgan fingerprint density at radius 3 is 2.60 bits per heavy atom. The fourth-order valence-electron chi connectivity index (χ4n) is 3.75. The number of morpholine rings is 1. The van der Waals surface area contributed by atoms with E-state index in [0.717, 1.165) is 4.68 Å². The molecule has 0 bridgehead atoms. The molecule has 0 unspecified atom stereocenters. The van der Waals surface area contributed by atoms with Gasteiger partial charge in [0.1, 0.15) is 12.3 Å². The monoisotopic (exact) mass is 498 g/mol. The van der Waals surface area contributed by atoms with Gasteiger partial charge >= 0.3 is 0 Å². The van der Waals surface area contributed by atoms with Gasteiger partial charge in [0.25, 0.3) is 5.56 Å². The van der Waals surface area contributed by atoms with Crippen LogP contribution in [0.4, 0.5) is 5.69 Å². The number of anilines is 1. The SMILES string of the molecule is COc1ccccc1NC(=O)Cn1nc(-c2ccc(C)c(S(=O)(=O)N3CCOCC3)c2)ccc1=O. The highest BCUT2D eigenvalue weighted by Gasteiger charge is 2.28. The number of nitrogens with one attached hydrogen (secondary N) is 1. The van der Waals surface area contributed by atoms with Gasteiger partial charge in [-0.1, -0.05) is 24.3 Å². The highest BCUT2D eigenvalue weighted by atomic mass is 32.2. The number of hydrogen-bond acceptors (Lipinski definition) is 7. The zero-order valence-electron chi connectivity index (χ0n) is 19.4. The molecule has 0 aliphatic carbocycles. The number of rotatable bonds is 7. The number of nitrogens with zero attached hydrogens (tertiary/aromatic N) is 3. The summed E-state index contributed by atoms with van der Waals surface area (Å²) >= 11 is 0. The van der Waals surface area contributed by atoms with Crippen LogP contribution in [0, 0.1) is 6.92 Å². The molecule has 1 saturated heterocycles. The Kier molecular flexibility index (Phi) is 7.29. The quantitative estimate of drug-likeness (QED) is 0.528. The number of para-hydroxylation sites is 2. The number of benzene rings is 2. The Labute approximate surface area is 203 Å². The van der Waals surface area contributed by atoms with Gasteiger partial charge in [-0.05, 0) is 36.8 Å². The van der Waals surface area contributed by atoms with Crippen molar-refractivity contribution in [2.24, 2.45) is 0 Å². The van der Waals surface area contributed by atoms with Crippen LogP contribution in [-0.2, 0) is 26.1 Å². The van der Waals surface area contributed by atoms with Gasteiger partial charge in [-0.25, -0.2) is 13.1 Å². The zero-order chi connectivity index (χ0) is 25.0. The maximum Gasteiger partial charge on any atom is 0.267 e. The van der Waals surface area contributed by atoms with E-state index in [-0.39, 0.29) is 24.5 Å². The summed E-state index contributed by atoms with van der Waals surface area (Å²) < 4.78 is 39.4. The molecule has 0 radical (unpaired) electrons. The Morgan fingerprint density at radius 1 is 1.11 bits per heavy atom. The van der Waals surface area contributed by atoms with Crippen molar-refractivity contribution >= 4 is 21.6 Å². The van der Waals surface area contributed by atoms with Crippen molar-refractivity contribution in [3.05, 3.63) is 70.5 Å². The molecule has 1 aliphatic heterocycles. The lowest BCUT2D eigenvalue weighted by Crippen LogP contribution is -2.40. The highest BCUT2D eigenvalue weighted by molar-refractivity contribution is 7.89. The highest BCUT2D eigenvalue weighted by Crippen LogP contribution is 2.26. The van der Waals surface area contributed by atoms with Crippen molar-refractivity contribution in [2.45, 2.75) is 18.4 Å². The minimum absolute atomic E-state index is 0.172. The molecule has 0 saturated carbocycles. The molecule has 2 aromatic carbocycles. The van der Waals surface area contributed by atoms with E-state index in [1.165, 1.54) is 23.5 Å². The molecule has 1 aromatic heterocycles. The number of methoxy groups -OCH3 is 1. The van der Waals surface area contributed by atoms with Gasteiger partial charge in [0.2, 0.25) is 15.9 Å². The van der Waals surface area contributed by atoms with Crippen molar-refractivity contribution in [3.8, 4) is 17.0 Å². The van der Waals surface area contributed by atoms with Gasteiger partial charge in [0.15, 0.2) is 0 Å². The van der Waals surface area contributed by atoms with E-state index in [4.69, 9.17) is 9.47 Å². The normalized spacial score (nSPS) is 14.5. The Balaban J connectivity index is 1.60. The Hall–Kier alpha value is -3.54. The van der Waals surface area contributed by atoms with Crippen molar-refractivity contribution in [1.82, 2.24) is 14.1 Å². The second kappa shape index (κ2) is 10.4.